The highest BCUT2D eigenvalue weighted by Gasteiger charge is 2.44. The normalized spacial score (nSPS) is 24.9. The second-order valence-corrected chi connectivity index (χ2v) is 9.92. The lowest BCUT2D eigenvalue weighted by Crippen LogP contribution is -2.35. The van der Waals surface area contributed by atoms with E-state index in [0.29, 0.717) is 18.3 Å². The molecular formula is C27H28N4O2. The zero-order valence-electron chi connectivity index (χ0n) is 19.0. The first kappa shape index (κ1) is 20.2. The molecule has 33 heavy (non-hydrogen) atoms. The largest absolute Gasteiger partial charge is 0.457 e. The minimum atomic E-state index is -0.394. The van der Waals surface area contributed by atoms with Crippen molar-refractivity contribution in [1.29, 1.82) is 0 Å². The van der Waals surface area contributed by atoms with Crippen LogP contribution in [0.1, 0.15) is 49.3 Å². The van der Waals surface area contributed by atoms with Gasteiger partial charge in [0.25, 0.3) is 0 Å². The van der Waals surface area contributed by atoms with Gasteiger partial charge in [-0.25, -0.2) is 9.97 Å². The number of fused-ring (bicyclic) bond motifs is 4. The van der Waals surface area contributed by atoms with Crippen LogP contribution in [0.3, 0.4) is 0 Å². The number of rotatable bonds is 2. The van der Waals surface area contributed by atoms with Gasteiger partial charge >= 0.3 is 0 Å². The van der Waals surface area contributed by atoms with Gasteiger partial charge < -0.3 is 20.5 Å². The lowest BCUT2D eigenvalue weighted by Gasteiger charge is -2.38. The standard InChI is InChI=1S/C27H28N4O2/c1-26(2)11-19(7-8-32-26)17-3-5-23-21(9-17)27(12-25(28)31-15-27)22-10-18(4-6-24(22)33-23)20-13-29-16-30-14-20/h3-6,9-10,12-14,16,19,31H,7-8,11,15,28H2,1-2H3/t19?,27-/m1/s1. The van der Waals surface area contributed by atoms with Gasteiger partial charge in [0.1, 0.15) is 17.8 Å². The zero-order chi connectivity index (χ0) is 22.6. The average Bonchev–Trinajstić information content (AvgIpc) is 3.21. The lowest BCUT2D eigenvalue weighted by atomic mass is 9.71. The summed E-state index contributed by atoms with van der Waals surface area (Å²) in [5, 5.41) is 3.37. The number of hydrogen-bond donors (Lipinski definition) is 2. The molecule has 0 radical (unpaired) electrons. The Kier molecular flexibility index (Phi) is 4.49. The SMILES string of the molecule is CC1(C)CC(c2ccc3c(c2)[C@]2(C=C(N)NC2)c2cc(-c4cncnc4)ccc2O3)CCO1. The molecule has 168 valence electrons. The number of nitrogens with two attached hydrogens (primary N) is 1. The van der Waals surface area contributed by atoms with E-state index in [1.807, 2.05) is 18.5 Å². The lowest BCUT2D eigenvalue weighted by molar-refractivity contribution is -0.0593. The van der Waals surface area contributed by atoms with E-state index in [9.17, 15) is 0 Å². The molecule has 3 aliphatic rings. The van der Waals surface area contributed by atoms with E-state index in [1.54, 1.807) is 6.33 Å². The summed E-state index contributed by atoms with van der Waals surface area (Å²) in [7, 11) is 0. The summed E-state index contributed by atoms with van der Waals surface area (Å²) in [6.45, 7) is 5.84. The fraction of sp³-hybridized carbons (Fsp3) is 0.333. The molecule has 1 fully saturated rings. The molecule has 0 amide bonds. The molecule has 3 aromatic rings. The van der Waals surface area contributed by atoms with Gasteiger partial charge in [0.2, 0.25) is 0 Å². The van der Waals surface area contributed by atoms with Gasteiger partial charge in [-0.3, -0.25) is 0 Å². The third-order valence-corrected chi connectivity index (χ3v) is 7.20. The molecule has 4 heterocycles. The second kappa shape index (κ2) is 7.32. The van der Waals surface area contributed by atoms with Gasteiger partial charge in [0, 0.05) is 42.2 Å². The Bertz CT molecular complexity index is 1250. The van der Waals surface area contributed by atoms with Crippen LogP contribution in [0.15, 0.2) is 67.0 Å². The van der Waals surface area contributed by atoms with Crippen LogP contribution >= 0.6 is 0 Å². The number of nitrogens with one attached hydrogen (secondary N) is 1. The maximum atomic E-state index is 6.42. The van der Waals surface area contributed by atoms with E-state index in [4.69, 9.17) is 15.2 Å². The van der Waals surface area contributed by atoms with Crippen LogP contribution in [-0.2, 0) is 10.2 Å². The zero-order valence-corrected chi connectivity index (χ0v) is 19.0. The predicted molar refractivity (Wildman–Crippen MR) is 127 cm³/mol. The molecule has 0 aliphatic carbocycles. The van der Waals surface area contributed by atoms with Crippen molar-refractivity contribution < 1.29 is 9.47 Å². The molecule has 0 saturated carbocycles. The van der Waals surface area contributed by atoms with Crippen molar-refractivity contribution in [1.82, 2.24) is 15.3 Å². The molecule has 6 rings (SSSR count). The topological polar surface area (TPSA) is 82.3 Å². The van der Waals surface area contributed by atoms with Crippen molar-refractivity contribution in [3.8, 4) is 22.6 Å². The van der Waals surface area contributed by atoms with Crippen LogP contribution in [-0.4, -0.2) is 28.7 Å². The summed E-state index contributed by atoms with van der Waals surface area (Å²) in [5.41, 5.74) is 11.4. The molecule has 3 aliphatic heterocycles. The Hall–Kier alpha value is -3.38. The maximum absolute atomic E-state index is 6.42. The van der Waals surface area contributed by atoms with Crippen LogP contribution in [0.4, 0.5) is 0 Å². The van der Waals surface area contributed by atoms with Crippen LogP contribution in [0.25, 0.3) is 11.1 Å². The van der Waals surface area contributed by atoms with Crippen molar-refractivity contribution in [2.75, 3.05) is 13.2 Å². The Morgan fingerprint density at radius 2 is 1.76 bits per heavy atom. The monoisotopic (exact) mass is 440 g/mol. The molecular weight excluding hydrogens is 412 g/mol. The van der Waals surface area contributed by atoms with Gasteiger partial charge in [-0.15, -0.1) is 0 Å². The van der Waals surface area contributed by atoms with Crippen LogP contribution in [0.2, 0.25) is 0 Å². The van der Waals surface area contributed by atoms with Gasteiger partial charge in [-0.2, -0.15) is 0 Å². The fourth-order valence-electron chi connectivity index (χ4n) is 5.57. The number of benzene rings is 2. The van der Waals surface area contributed by atoms with Crippen molar-refractivity contribution >= 4 is 0 Å². The van der Waals surface area contributed by atoms with Gasteiger partial charge in [0.05, 0.1) is 16.8 Å². The number of hydrogen-bond acceptors (Lipinski definition) is 6. The van der Waals surface area contributed by atoms with E-state index < -0.39 is 5.41 Å². The summed E-state index contributed by atoms with van der Waals surface area (Å²) in [6, 6.07) is 13.0. The summed E-state index contributed by atoms with van der Waals surface area (Å²) in [5.74, 6) is 2.90. The Labute approximate surface area is 193 Å². The van der Waals surface area contributed by atoms with Crippen molar-refractivity contribution in [3.63, 3.8) is 0 Å². The first-order chi connectivity index (χ1) is 15.9. The highest BCUT2D eigenvalue weighted by Crippen LogP contribution is 2.52. The smallest absolute Gasteiger partial charge is 0.131 e. The fourth-order valence-corrected chi connectivity index (χ4v) is 5.57. The first-order valence-electron chi connectivity index (χ1n) is 11.5. The Morgan fingerprint density at radius 1 is 1.00 bits per heavy atom. The first-order valence-corrected chi connectivity index (χ1v) is 11.5. The van der Waals surface area contributed by atoms with Gasteiger partial charge in [0.15, 0.2) is 0 Å². The highest BCUT2D eigenvalue weighted by molar-refractivity contribution is 5.70. The quantitative estimate of drug-likeness (QED) is 0.606. The van der Waals surface area contributed by atoms with E-state index in [-0.39, 0.29) is 5.60 Å². The number of aromatic nitrogens is 2. The number of nitrogens with zero attached hydrogens (tertiary/aromatic N) is 2. The molecule has 6 heteroatoms. The molecule has 1 saturated heterocycles. The maximum Gasteiger partial charge on any atom is 0.131 e. The van der Waals surface area contributed by atoms with E-state index >= 15 is 0 Å². The van der Waals surface area contributed by atoms with Crippen molar-refractivity contribution in [2.45, 2.75) is 43.6 Å². The van der Waals surface area contributed by atoms with Crippen LogP contribution < -0.4 is 15.8 Å². The molecule has 2 aromatic carbocycles. The molecule has 6 nitrogen and oxygen atoms in total. The second-order valence-electron chi connectivity index (χ2n) is 9.92. The average molecular weight is 441 g/mol. The summed E-state index contributed by atoms with van der Waals surface area (Å²) in [4.78, 5) is 8.38. The van der Waals surface area contributed by atoms with Gasteiger partial charge in [-0.05, 0) is 68.0 Å². The van der Waals surface area contributed by atoms with Crippen LogP contribution in [0, 0.1) is 0 Å². The molecule has 2 atom stereocenters. The third kappa shape index (κ3) is 3.37. The summed E-state index contributed by atoms with van der Waals surface area (Å²) < 4.78 is 12.4. The molecule has 0 bridgehead atoms. The number of ether oxygens (including phenoxy) is 2. The van der Waals surface area contributed by atoms with E-state index in [1.165, 1.54) is 5.56 Å². The van der Waals surface area contributed by atoms with Crippen molar-refractivity contribution in [3.05, 3.63) is 83.7 Å². The molecule has 1 unspecified atom stereocenters. The highest BCUT2D eigenvalue weighted by atomic mass is 16.5. The predicted octanol–water partition coefficient (Wildman–Crippen LogP) is 4.61. The molecule has 1 aromatic heterocycles. The van der Waals surface area contributed by atoms with Crippen LogP contribution in [0.5, 0.6) is 11.5 Å². The van der Waals surface area contributed by atoms with Crippen molar-refractivity contribution in [2.24, 2.45) is 5.73 Å². The third-order valence-electron chi connectivity index (χ3n) is 7.20. The van der Waals surface area contributed by atoms with E-state index in [0.717, 1.165) is 53.2 Å². The molecule has 3 N–H and O–H groups in total. The minimum Gasteiger partial charge on any atom is -0.457 e. The Morgan fingerprint density at radius 3 is 2.48 bits per heavy atom. The van der Waals surface area contributed by atoms with E-state index in [2.05, 4.69) is 65.5 Å². The Balaban J connectivity index is 1.48. The summed E-state index contributed by atoms with van der Waals surface area (Å²) in [6.07, 6.45) is 9.40. The molecule has 1 spiro atoms. The minimum absolute atomic E-state index is 0.106. The summed E-state index contributed by atoms with van der Waals surface area (Å²) >= 11 is 0. The van der Waals surface area contributed by atoms with Gasteiger partial charge in [-0.1, -0.05) is 18.2 Å².